The van der Waals surface area contributed by atoms with E-state index in [1.807, 2.05) is 37.3 Å². The molecule has 0 aliphatic heterocycles. The molecule has 3 aromatic rings. The van der Waals surface area contributed by atoms with Crippen molar-refractivity contribution in [3.8, 4) is 0 Å². The zero-order valence-electron chi connectivity index (χ0n) is 12.7. The fourth-order valence-corrected chi connectivity index (χ4v) is 2.24. The quantitative estimate of drug-likeness (QED) is 0.678. The molecule has 0 saturated carbocycles. The molecular formula is C17H16N4O2. The molecule has 0 aliphatic carbocycles. The van der Waals surface area contributed by atoms with Crippen LogP contribution in [0.5, 0.6) is 0 Å². The second-order valence-electron chi connectivity index (χ2n) is 5.17. The van der Waals surface area contributed by atoms with Gasteiger partial charge in [0.15, 0.2) is 0 Å². The number of carbonyl (C=O) groups is 1. The van der Waals surface area contributed by atoms with Crippen molar-refractivity contribution in [2.75, 3.05) is 0 Å². The van der Waals surface area contributed by atoms with Crippen molar-refractivity contribution in [2.45, 2.75) is 19.6 Å². The van der Waals surface area contributed by atoms with Crippen molar-refractivity contribution in [2.24, 2.45) is 0 Å². The van der Waals surface area contributed by atoms with E-state index >= 15 is 0 Å². The largest absolute Gasteiger partial charge is 0.452 e. The Morgan fingerprint density at radius 2 is 2.04 bits per heavy atom. The lowest BCUT2D eigenvalue weighted by Gasteiger charge is -2.18. The molecule has 23 heavy (non-hydrogen) atoms. The first-order valence-corrected chi connectivity index (χ1v) is 7.22. The summed E-state index contributed by atoms with van der Waals surface area (Å²) in [5.74, 6) is -0.407. The highest BCUT2D eigenvalue weighted by molar-refractivity contribution is 5.89. The number of benzene rings is 1. The minimum absolute atomic E-state index is 0.398. The van der Waals surface area contributed by atoms with Crippen LogP contribution in [0.4, 0.5) is 0 Å². The molecule has 2 heterocycles. The van der Waals surface area contributed by atoms with Gasteiger partial charge in [0.1, 0.15) is 18.8 Å². The fourth-order valence-electron chi connectivity index (χ4n) is 2.24. The summed E-state index contributed by atoms with van der Waals surface area (Å²) < 4.78 is 7.32. The predicted octanol–water partition coefficient (Wildman–Crippen LogP) is 2.58. The number of ether oxygens (including phenoxy) is 1. The summed E-state index contributed by atoms with van der Waals surface area (Å²) >= 11 is 0. The van der Waals surface area contributed by atoms with Gasteiger partial charge >= 0.3 is 5.97 Å². The average molecular weight is 308 g/mol. The number of hydrogen-bond donors (Lipinski definition) is 0. The number of aromatic nitrogens is 4. The van der Waals surface area contributed by atoms with Crippen LogP contribution in [0.1, 0.15) is 27.6 Å². The lowest BCUT2D eigenvalue weighted by Crippen LogP contribution is -2.17. The molecule has 1 atom stereocenters. The zero-order valence-corrected chi connectivity index (χ0v) is 12.7. The Balaban J connectivity index is 1.82. The molecule has 3 rings (SSSR count). The van der Waals surface area contributed by atoms with Crippen molar-refractivity contribution in [3.05, 3.63) is 78.1 Å². The molecule has 0 spiro atoms. The van der Waals surface area contributed by atoms with Gasteiger partial charge < -0.3 is 4.74 Å². The highest BCUT2D eigenvalue weighted by Gasteiger charge is 2.19. The molecule has 0 radical (unpaired) electrons. The topological polar surface area (TPSA) is 69.9 Å². The van der Waals surface area contributed by atoms with Crippen LogP contribution in [0, 0.1) is 6.92 Å². The van der Waals surface area contributed by atoms with Crippen LogP contribution >= 0.6 is 0 Å². The van der Waals surface area contributed by atoms with Crippen molar-refractivity contribution in [3.63, 3.8) is 0 Å². The van der Waals surface area contributed by atoms with E-state index < -0.39 is 12.1 Å². The summed E-state index contributed by atoms with van der Waals surface area (Å²) in [6.45, 7) is 2.28. The van der Waals surface area contributed by atoms with E-state index in [1.54, 1.807) is 23.3 Å². The van der Waals surface area contributed by atoms with Gasteiger partial charge in [-0.3, -0.25) is 4.98 Å². The number of hydrogen-bond acceptors (Lipinski definition) is 5. The number of esters is 1. The fraction of sp³-hybridized carbons (Fsp3) is 0.176. The molecule has 1 aromatic carbocycles. The lowest BCUT2D eigenvalue weighted by molar-refractivity contribution is 0.0246. The Labute approximate surface area is 133 Å². The highest BCUT2D eigenvalue weighted by Crippen LogP contribution is 2.21. The summed E-state index contributed by atoms with van der Waals surface area (Å²) in [7, 11) is 0. The Morgan fingerprint density at radius 1 is 1.22 bits per heavy atom. The molecule has 116 valence electrons. The zero-order chi connectivity index (χ0) is 16.1. The van der Waals surface area contributed by atoms with Gasteiger partial charge in [-0.15, -0.1) is 0 Å². The molecule has 6 heteroatoms. The van der Waals surface area contributed by atoms with Crippen LogP contribution in [0.15, 0.2) is 61.4 Å². The van der Waals surface area contributed by atoms with Crippen LogP contribution in [-0.2, 0) is 11.3 Å². The Bertz CT molecular complexity index is 772. The third-order valence-electron chi connectivity index (χ3n) is 3.35. The van der Waals surface area contributed by atoms with E-state index in [0.29, 0.717) is 12.1 Å². The Hall–Kier alpha value is -3.02. The van der Waals surface area contributed by atoms with Gasteiger partial charge in [-0.1, -0.05) is 30.3 Å². The van der Waals surface area contributed by atoms with Crippen LogP contribution in [0.2, 0.25) is 0 Å². The molecule has 0 aliphatic rings. The van der Waals surface area contributed by atoms with Gasteiger partial charge in [0, 0.05) is 12.4 Å². The van der Waals surface area contributed by atoms with E-state index in [9.17, 15) is 4.79 Å². The minimum atomic E-state index is -0.453. The van der Waals surface area contributed by atoms with Crippen molar-refractivity contribution in [1.29, 1.82) is 0 Å². The number of pyridine rings is 1. The van der Waals surface area contributed by atoms with Gasteiger partial charge in [0.25, 0.3) is 0 Å². The number of carbonyl (C=O) groups excluding carboxylic acids is 1. The summed E-state index contributed by atoms with van der Waals surface area (Å²) in [5, 5.41) is 4.08. The second-order valence-corrected chi connectivity index (χ2v) is 5.17. The first-order chi connectivity index (χ1) is 11.2. The molecule has 6 nitrogen and oxygen atoms in total. The molecule has 0 amide bonds. The highest BCUT2D eigenvalue weighted by atomic mass is 16.5. The molecule has 0 bridgehead atoms. The van der Waals surface area contributed by atoms with Gasteiger partial charge in [-0.05, 0) is 24.1 Å². The third-order valence-corrected chi connectivity index (χ3v) is 3.35. The van der Waals surface area contributed by atoms with Crippen molar-refractivity contribution < 1.29 is 9.53 Å². The summed E-state index contributed by atoms with van der Waals surface area (Å²) in [6.07, 6.45) is 5.80. The summed E-state index contributed by atoms with van der Waals surface area (Å²) in [5.41, 5.74) is 2.24. The molecule has 2 aromatic heterocycles. The number of rotatable bonds is 5. The number of nitrogens with zero attached hydrogens (tertiary/aromatic N) is 4. The first-order valence-electron chi connectivity index (χ1n) is 7.22. The maximum atomic E-state index is 12.4. The Morgan fingerprint density at radius 3 is 2.74 bits per heavy atom. The summed E-state index contributed by atoms with van der Waals surface area (Å²) in [4.78, 5) is 20.4. The maximum absolute atomic E-state index is 12.4. The van der Waals surface area contributed by atoms with Crippen LogP contribution in [0.3, 0.4) is 0 Å². The van der Waals surface area contributed by atoms with E-state index in [4.69, 9.17) is 4.74 Å². The predicted molar refractivity (Wildman–Crippen MR) is 83.6 cm³/mol. The third kappa shape index (κ3) is 3.79. The van der Waals surface area contributed by atoms with Crippen molar-refractivity contribution >= 4 is 5.97 Å². The molecule has 0 unspecified atom stereocenters. The first kappa shape index (κ1) is 14.9. The molecular weight excluding hydrogens is 292 g/mol. The smallest absolute Gasteiger partial charge is 0.340 e. The summed E-state index contributed by atoms with van der Waals surface area (Å²) in [6, 6.07) is 11.3. The van der Waals surface area contributed by atoms with Crippen LogP contribution in [0.25, 0.3) is 0 Å². The maximum Gasteiger partial charge on any atom is 0.340 e. The average Bonchev–Trinajstić information content (AvgIpc) is 3.08. The van der Waals surface area contributed by atoms with Gasteiger partial charge in [-0.2, -0.15) is 5.10 Å². The van der Waals surface area contributed by atoms with E-state index in [0.717, 1.165) is 11.1 Å². The van der Waals surface area contributed by atoms with E-state index in [2.05, 4.69) is 15.1 Å². The monoisotopic (exact) mass is 308 g/mol. The van der Waals surface area contributed by atoms with Crippen molar-refractivity contribution in [1.82, 2.24) is 19.7 Å². The van der Waals surface area contributed by atoms with Gasteiger partial charge in [-0.25, -0.2) is 14.5 Å². The van der Waals surface area contributed by atoms with Crippen LogP contribution < -0.4 is 0 Å². The standard InChI is InChI=1S/C17H16N4O2/c1-13-7-15(9-18-8-13)17(22)23-16(10-21-12-19-11-20-21)14-5-3-2-4-6-14/h2-9,11-12,16H,10H2,1H3/t16-/m0/s1. The number of aryl methyl sites for hydroxylation is 1. The van der Waals surface area contributed by atoms with E-state index in [-0.39, 0.29) is 0 Å². The Kier molecular flexibility index (Phi) is 4.42. The molecule has 0 fully saturated rings. The SMILES string of the molecule is Cc1cncc(C(=O)O[C@@H](Cn2cncn2)c2ccccc2)c1. The second kappa shape index (κ2) is 6.83. The molecule has 0 saturated heterocycles. The van der Waals surface area contributed by atoms with E-state index in [1.165, 1.54) is 12.5 Å². The van der Waals surface area contributed by atoms with Gasteiger partial charge in [0.2, 0.25) is 0 Å². The minimum Gasteiger partial charge on any atom is -0.452 e. The van der Waals surface area contributed by atoms with Crippen LogP contribution in [-0.4, -0.2) is 25.7 Å². The normalized spacial score (nSPS) is 11.9. The van der Waals surface area contributed by atoms with Gasteiger partial charge in [0.05, 0.1) is 12.1 Å². The lowest BCUT2D eigenvalue weighted by atomic mass is 10.1. The molecule has 0 N–H and O–H groups in total.